The van der Waals surface area contributed by atoms with Crippen LogP contribution in [0.5, 0.6) is 0 Å². The lowest BCUT2D eigenvalue weighted by Gasteiger charge is -2.32. The van der Waals surface area contributed by atoms with Crippen molar-refractivity contribution >= 4 is 11.8 Å². The van der Waals surface area contributed by atoms with Crippen LogP contribution in [0.15, 0.2) is 36.5 Å². The van der Waals surface area contributed by atoms with Gasteiger partial charge in [0.25, 0.3) is 0 Å². The van der Waals surface area contributed by atoms with Crippen molar-refractivity contribution in [2.75, 3.05) is 13.2 Å². The highest BCUT2D eigenvalue weighted by Crippen LogP contribution is 2.38. The van der Waals surface area contributed by atoms with E-state index in [0.29, 0.717) is 12.3 Å². The molecular weight excluding hydrogens is 392 g/mol. The Hall–Kier alpha value is -2.47. The first-order chi connectivity index (χ1) is 14.8. The van der Waals surface area contributed by atoms with Gasteiger partial charge in [0.2, 0.25) is 0 Å². The standard InChI is InChI=1S/C25H34N2O4/c1-5-7-10-18(6-2)17-31-23(29)15-21(28)24-19-12-13-25(3,4)16-20(19)27(26-24)22-11-8-9-14-30-22/h5-7,10,22H,2,8-9,11-17H2,1,3-4H3/b7-5-,18-10+. The van der Waals surface area contributed by atoms with E-state index in [1.54, 1.807) is 6.08 Å². The second kappa shape index (κ2) is 10.2. The van der Waals surface area contributed by atoms with Crippen LogP contribution < -0.4 is 0 Å². The average molecular weight is 427 g/mol. The van der Waals surface area contributed by atoms with Gasteiger partial charge in [-0.2, -0.15) is 5.10 Å². The number of esters is 1. The lowest BCUT2D eigenvalue weighted by Crippen LogP contribution is -2.27. The molecule has 1 aromatic rings. The van der Waals surface area contributed by atoms with E-state index in [9.17, 15) is 9.59 Å². The predicted octanol–water partition coefficient (Wildman–Crippen LogP) is 4.90. The molecule has 1 fully saturated rings. The van der Waals surface area contributed by atoms with Crippen LogP contribution in [-0.2, 0) is 27.1 Å². The molecular formula is C25H34N2O4. The number of ketones is 1. The van der Waals surface area contributed by atoms with Crippen LogP contribution in [0, 0.1) is 5.41 Å². The van der Waals surface area contributed by atoms with Gasteiger partial charge in [0, 0.05) is 17.9 Å². The average Bonchev–Trinajstić information content (AvgIpc) is 3.12. The molecule has 0 aromatic carbocycles. The van der Waals surface area contributed by atoms with Crippen molar-refractivity contribution in [3.8, 4) is 0 Å². The number of carbonyl (C=O) groups is 2. The van der Waals surface area contributed by atoms with Crippen LogP contribution in [0.1, 0.15) is 80.8 Å². The monoisotopic (exact) mass is 426 g/mol. The molecule has 0 radical (unpaired) electrons. The molecule has 1 saturated heterocycles. The van der Waals surface area contributed by atoms with Crippen molar-refractivity contribution in [3.63, 3.8) is 0 Å². The fraction of sp³-hybridized carbons (Fsp3) is 0.560. The minimum absolute atomic E-state index is 0.0939. The number of ether oxygens (including phenoxy) is 2. The summed E-state index contributed by atoms with van der Waals surface area (Å²) < 4.78 is 13.2. The van der Waals surface area contributed by atoms with E-state index < -0.39 is 5.97 Å². The maximum absolute atomic E-state index is 13.0. The van der Waals surface area contributed by atoms with Crippen molar-refractivity contribution in [1.29, 1.82) is 0 Å². The first-order valence-corrected chi connectivity index (χ1v) is 11.2. The number of nitrogens with zero attached hydrogens (tertiary/aromatic N) is 2. The Morgan fingerprint density at radius 1 is 1.35 bits per heavy atom. The Labute approximate surface area is 185 Å². The Bertz CT molecular complexity index is 886. The number of allylic oxidation sites excluding steroid dienone is 3. The maximum atomic E-state index is 13.0. The van der Waals surface area contributed by atoms with Crippen LogP contribution in [0.3, 0.4) is 0 Å². The third kappa shape index (κ3) is 5.82. The molecule has 1 aliphatic heterocycles. The maximum Gasteiger partial charge on any atom is 0.314 e. The minimum Gasteiger partial charge on any atom is -0.460 e. The van der Waals surface area contributed by atoms with E-state index in [-0.39, 0.29) is 30.5 Å². The van der Waals surface area contributed by atoms with Gasteiger partial charge in [0.15, 0.2) is 5.78 Å². The molecule has 1 aromatic heterocycles. The first kappa shape index (κ1) is 23.2. The van der Waals surface area contributed by atoms with Gasteiger partial charge < -0.3 is 9.47 Å². The Kier molecular flexibility index (Phi) is 7.65. The SMILES string of the molecule is C=C/C(=C\C=C/C)COC(=O)CC(=O)c1nn(C2CCCCO2)c2c1CCC(C)(C)C2. The highest BCUT2D eigenvalue weighted by Gasteiger charge is 2.35. The molecule has 0 saturated carbocycles. The summed E-state index contributed by atoms with van der Waals surface area (Å²) in [6, 6.07) is 0. The van der Waals surface area contributed by atoms with Crippen molar-refractivity contribution in [2.45, 2.75) is 71.9 Å². The Balaban J connectivity index is 1.75. The molecule has 1 atom stereocenters. The molecule has 2 aliphatic rings. The number of aromatic nitrogens is 2. The van der Waals surface area contributed by atoms with E-state index >= 15 is 0 Å². The van der Waals surface area contributed by atoms with E-state index in [4.69, 9.17) is 9.47 Å². The second-order valence-electron chi connectivity index (χ2n) is 9.11. The minimum atomic E-state index is -0.549. The summed E-state index contributed by atoms with van der Waals surface area (Å²) in [6.07, 6.45) is 12.4. The number of carbonyl (C=O) groups excluding carboxylic acids is 2. The highest BCUT2D eigenvalue weighted by atomic mass is 16.5. The topological polar surface area (TPSA) is 70.4 Å². The van der Waals surface area contributed by atoms with Crippen molar-refractivity contribution in [3.05, 3.63) is 53.4 Å². The van der Waals surface area contributed by atoms with Gasteiger partial charge >= 0.3 is 5.97 Å². The van der Waals surface area contributed by atoms with Crippen LogP contribution >= 0.6 is 0 Å². The summed E-state index contributed by atoms with van der Waals surface area (Å²) in [4.78, 5) is 25.3. The fourth-order valence-corrected chi connectivity index (χ4v) is 4.16. The number of rotatable bonds is 8. The van der Waals surface area contributed by atoms with Gasteiger partial charge in [0.1, 0.15) is 24.9 Å². The third-order valence-electron chi connectivity index (χ3n) is 5.98. The number of hydrogen-bond donors (Lipinski definition) is 0. The lowest BCUT2D eigenvalue weighted by molar-refractivity contribution is -0.141. The van der Waals surface area contributed by atoms with E-state index in [1.807, 2.05) is 29.8 Å². The molecule has 0 spiro atoms. The van der Waals surface area contributed by atoms with Gasteiger partial charge in [-0.3, -0.25) is 9.59 Å². The smallest absolute Gasteiger partial charge is 0.314 e. The van der Waals surface area contributed by atoms with E-state index in [0.717, 1.165) is 55.4 Å². The van der Waals surface area contributed by atoms with E-state index in [1.165, 1.54) is 0 Å². The summed E-state index contributed by atoms with van der Waals surface area (Å²) >= 11 is 0. The summed E-state index contributed by atoms with van der Waals surface area (Å²) in [5.74, 6) is -0.834. The zero-order valence-electron chi connectivity index (χ0n) is 19.0. The number of hydrogen-bond acceptors (Lipinski definition) is 5. The van der Waals surface area contributed by atoms with Crippen LogP contribution in [0.25, 0.3) is 0 Å². The van der Waals surface area contributed by atoms with Gasteiger partial charge in [-0.05, 0) is 56.4 Å². The first-order valence-electron chi connectivity index (χ1n) is 11.2. The number of fused-ring (bicyclic) bond motifs is 1. The lowest BCUT2D eigenvalue weighted by atomic mass is 9.76. The normalized spacial score (nSPS) is 21.0. The molecule has 0 amide bonds. The third-order valence-corrected chi connectivity index (χ3v) is 5.98. The molecule has 168 valence electrons. The molecule has 3 rings (SSSR count). The second-order valence-corrected chi connectivity index (χ2v) is 9.11. The number of Topliss-reactive ketones (excluding diaryl/α,β-unsaturated/α-hetero) is 1. The molecule has 0 bridgehead atoms. The largest absolute Gasteiger partial charge is 0.460 e. The molecule has 6 heteroatoms. The fourth-order valence-electron chi connectivity index (χ4n) is 4.16. The van der Waals surface area contributed by atoms with Gasteiger partial charge in [-0.15, -0.1) is 0 Å². The van der Waals surface area contributed by atoms with Crippen molar-refractivity contribution in [1.82, 2.24) is 9.78 Å². The van der Waals surface area contributed by atoms with Crippen molar-refractivity contribution < 1.29 is 19.1 Å². The molecule has 31 heavy (non-hydrogen) atoms. The Morgan fingerprint density at radius 3 is 2.84 bits per heavy atom. The van der Waals surface area contributed by atoms with Gasteiger partial charge in [-0.1, -0.05) is 44.7 Å². The summed E-state index contributed by atoms with van der Waals surface area (Å²) in [6.45, 7) is 10.9. The molecule has 0 N–H and O–H groups in total. The molecule has 1 aliphatic carbocycles. The summed E-state index contributed by atoms with van der Waals surface area (Å²) in [5.41, 5.74) is 3.40. The molecule has 1 unspecified atom stereocenters. The summed E-state index contributed by atoms with van der Waals surface area (Å²) in [5, 5.41) is 4.68. The Morgan fingerprint density at radius 2 is 2.16 bits per heavy atom. The molecule has 2 heterocycles. The quantitative estimate of drug-likeness (QED) is 0.256. The van der Waals surface area contributed by atoms with Crippen LogP contribution in [0.2, 0.25) is 0 Å². The van der Waals surface area contributed by atoms with Gasteiger partial charge in [-0.25, -0.2) is 4.68 Å². The zero-order chi connectivity index (χ0) is 22.4. The summed E-state index contributed by atoms with van der Waals surface area (Å²) in [7, 11) is 0. The molecule has 6 nitrogen and oxygen atoms in total. The van der Waals surface area contributed by atoms with Crippen LogP contribution in [-0.4, -0.2) is 34.7 Å². The van der Waals surface area contributed by atoms with E-state index in [2.05, 4.69) is 25.5 Å². The van der Waals surface area contributed by atoms with Crippen LogP contribution in [0.4, 0.5) is 0 Å². The zero-order valence-corrected chi connectivity index (χ0v) is 19.0. The van der Waals surface area contributed by atoms with Crippen molar-refractivity contribution in [2.24, 2.45) is 5.41 Å². The highest BCUT2D eigenvalue weighted by molar-refractivity contribution is 6.05. The predicted molar refractivity (Wildman–Crippen MR) is 120 cm³/mol. The van der Waals surface area contributed by atoms with Gasteiger partial charge in [0.05, 0.1) is 0 Å².